The highest BCUT2D eigenvalue weighted by Gasteiger charge is 2.22. The summed E-state index contributed by atoms with van der Waals surface area (Å²) in [4.78, 5) is 24.7. The largest absolute Gasteiger partial charge is 0.480 e. The molecule has 0 bridgehead atoms. The summed E-state index contributed by atoms with van der Waals surface area (Å²) in [5.41, 5.74) is 2.85. The van der Waals surface area contributed by atoms with Gasteiger partial charge in [-0.15, -0.1) is 0 Å². The van der Waals surface area contributed by atoms with Crippen LogP contribution in [0.5, 0.6) is 5.75 Å². The van der Waals surface area contributed by atoms with Crippen LogP contribution in [-0.4, -0.2) is 24.6 Å². The molecule has 1 amide bonds. The van der Waals surface area contributed by atoms with E-state index < -0.39 is 12.1 Å². The maximum absolute atomic E-state index is 12.7. The first kappa shape index (κ1) is 19.5. The summed E-state index contributed by atoms with van der Waals surface area (Å²) in [6, 6.07) is 12.6. The molecule has 0 aromatic heterocycles. The van der Waals surface area contributed by atoms with E-state index in [4.69, 9.17) is 9.47 Å². The first-order valence-corrected chi connectivity index (χ1v) is 8.77. The molecule has 0 spiro atoms. The number of carbonyl (C=O) groups is 2. The molecular weight excluding hydrogens is 330 g/mol. The third-order valence-corrected chi connectivity index (χ3v) is 3.94. The number of amides is 1. The van der Waals surface area contributed by atoms with Crippen LogP contribution in [-0.2, 0) is 9.53 Å². The smallest absolute Gasteiger partial charge is 0.340 e. The van der Waals surface area contributed by atoms with Gasteiger partial charge in [0.1, 0.15) is 5.75 Å². The van der Waals surface area contributed by atoms with Crippen LogP contribution in [0.25, 0.3) is 0 Å². The number of hydrogen-bond donors (Lipinski definition) is 1. The maximum Gasteiger partial charge on any atom is 0.340 e. The second-order valence-electron chi connectivity index (χ2n) is 6.04. The number of carbonyl (C=O) groups excluding carboxylic acids is 2. The van der Waals surface area contributed by atoms with Gasteiger partial charge in [-0.1, -0.05) is 36.8 Å². The molecule has 2 rings (SSSR count). The van der Waals surface area contributed by atoms with Gasteiger partial charge in [0.05, 0.1) is 17.9 Å². The zero-order valence-corrected chi connectivity index (χ0v) is 15.7. The van der Waals surface area contributed by atoms with Crippen molar-refractivity contribution < 1.29 is 19.1 Å². The van der Waals surface area contributed by atoms with Gasteiger partial charge >= 0.3 is 5.97 Å². The highest BCUT2D eigenvalue weighted by atomic mass is 16.5. The molecule has 1 atom stereocenters. The third kappa shape index (κ3) is 4.85. The second kappa shape index (κ2) is 9.04. The summed E-state index contributed by atoms with van der Waals surface area (Å²) >= 11 is 0. The lowest BCUT2D eigenvalue weighted by atomic mass is 10.1. The number of esters is 1. The Morgan fingerprint density at radius 1 is 1.08 bits per heavy atom. The molecule has 0 aliphatic rings. The Morgan fingerprint density at radius 2 is 1.81 bits per heavy atom. The van der Waals surface area contributed by atoms with Crippen LogP contribution in [0.4, 0.5) is 5.69 Å². The van der Waals surface area contributed by atoms with E-state index in [2.05, 4.69) is 5.32 Å². The SMILES string of the molecule is CCOC(=O)c1ccccc1NC(=O)C(CC)Oc1ccc(C)cc1C. The van der Waals surface area contributed by atoms with E-state index in [-0.39, 0.29) is 12.5 Å². The van der Waals surface area contributed by atoms with Gasteiger partial charge in [-0.25, -0.2) is 4.79 Å². The average Bonchev–Trinajstić information content (AvgIpc) is 2.61. The average molecular weight is 355 g/mol. The highest BCUT2D eigenvalue weighted by molar-refractivity contribution is 6.02. The summed E-state index contributed by atoms with van der Waals surface area (Å²) in [7, 11) is 0. The summed E-state index contributed by atoms with van der Waals surface area (Å²) in [6.07, 6.45) is -0.160. The minimum absolute atomic E-state index is 0.272. The van der Waals surface area contributed by atoms with E-state index in [1.54, 1.807) is 31.2 Å². The van der Waals surface area contributed by atoms with Crippen molar-refractivity contribution in [2.24, 2.45) is 0 Å². The van der Waals surface area contributed by atoms with Crippen LogP contribution in [0.15, 0.2) is 42.5 Å². The molecule has 0 radical (unpaired) electrons. The van der Waals surface area contributed by atoms with E-state index in [0.29, 0.717) is 23.4 Å². The molecule has 5 heteroatoms. The zero-order chi connectivity index (χ0) is 19.1. The number of benzene rings is 2. The Morgan fingerprint density at radius 3 is 2.46 bits per heavy atom. The molecule has 0 saturated carbocycles. The van der Waals surface area contributed by atoms with Crippen molar-refractivity contribution in [1.29, 1.82) is 0 Å². The monoisotopic (exact) mass is 355 g/mol. The fourth-order valence-electron chi connectivity index (χ4n) is 2.60. The van der Waals surface area contributed by atoms with Gasteiger partial charge in [-0.2, -0.15) is 0 Å². The lowest BCUT2D eigenvalue weighted by Gasteiger charge is -2.19. The van der Waals surface area contributed by atoms with Crippen molar-refractivity contribution in [2.45, 2.75) is 40.2 Å². The fourth-order valence-corrected chi connectivity index (χ4v) is 2.60. The van der Waals surface area contributed by atoms with E-state index in [9.17, 15) is 9.59 Å². The van der Waals surface area contributed by atoms with Crippen molar-refractivity contribution in [3.8, 4) is 5.75 Å². The number of hydrogen-bond acceptors (Lipinski definition) is 4. The first-order chi connectivity index (χ1) is 12.5. The fraction of sp³-hybridized carbons (Fsp3) is 0.333. The number of anilines is 1. The number of para-hydroxylation sites is 1. The molecule has 5 nitrogen and oxygen atoms in total. The lowest BCUT2D eigenvalue weighted by molar-refractivity contribution is -0.122. The highest BCUT2D eigenvalue weighted by Crippen LogP contribution is 2.22. The maximum atomic E-state index is 12.7. The van der Waals surface area contributed by atoms with Gasteiger partial charge in [-0.3, -0.25) is 4.79 Å². The van der Waals surface area contributed by atoms with Crippen molar-refractivity contribution >= 4 is 17.6 Å². The number of aryl methyl sites for hydroxylation is 2. The normalized spacial score (nSPS) is 11.5. The van der Waals surface area contributed by atoms with Crippen LogP contribution < -0.4 is 10.1 Å². The van der Waals surface area contributed by atoms with Crippen molar-refractivity contribution in [1.82, 2.24) is 0 Å². The molecule has 1 N–H and O–H groups in total. The molecular formula is C21H25NO4. The third-order valence-electron chi connectivity index (χ3n) is 3.94. The van der Waals surface area contributed by atoms with Gasteiger partial charge in [-0.05, 0) is 51.0 Å². The van der Waals surface area contributed by atoms with Gasteiger partial charge in [0.2, 0.25) is 0 Å². The van der Waals surface area contributed by atoms with Gasteiger partial charge in [0, 0.05) is 0 Å². The summed E-state index contributed by atoms with van der Waals surface area (Å²) < 4.78 is 10.9. The van der Waals surface area contributed by atoms with Crippen molar-refractivity contribution in [2.75, 3.05) is 11.9 Å². The molecule has 26 heavy (non-hydrogen) atoms. The van der Waals surface area contributed by atoms with Crippen LogP contribution in [0.3, 0.4) is 0 Å². The topological polar surface area (TPSA) is 64.6 Å². The predicted molar refractivity (Wildman–Crippen MR) is 102 cm³/mol. The molecule has 2 aromatic rings. The number of nitrogens with one attached hydrogen (secondary N) is 1. The molecule has 0 fully saturated rings. The van der Waals surface area contributed by atoms with E-state index in [1.165, 1.54) is 0 Å². The van der Waals surface area contributed by atoms with E-state index in [1.807, 2.05) is 39.0 Å². The molecule has 2 aromatic carbocycles. The van der Waals surface area contributed by atoms with Crippen molar-refractivity contribution in [3.05, 3.63) is 59.2 Å². The standard InChI is InChI=1S/C21H25NO4/c1-5-18(26-19-12-11-14(3)13-15(19)4)20(23)22-17-10-8-7-9-16(17)21(24)25-6-2/h7-13,18H,5-6H2,1-4H3,(H,22,23). The summed E-state index contributed by atoms with van der Waals surface area (Å²) in [6.45, 7) is 7.85. The number of ether oxygens (including phenoxy) is 2. The lowest BCUT2D eigenvalue weighted by Crippen LogP contribution is -2.33. The van der Waals surface area contributed by atoms with Crippen LogP contribution in [0.1, 0.15) is 41.8 Å². The molecule has 0 aliphatic carbocycles. The minimum Gasteiger partial charge on any atom is -0.480 e. The zero-order valence-electron chi connectivity index (χ0n) is 15.7. The van der Waals surface area contributed by atoms with Gasteiger partial charge in [0.25, 0.3) is 5.91 Å². The van der Waals surface area contributed by atoms with E-state index in [0.717, 1.165) is 11.1 Å². The van der Waals surface area contributed by atoms with Gasteiger partial charge in [0.15, 0.2) is 6.10 Å². The summed E-state index contributed by atoms with van der Waals surface area (Å²) in [5, 5.41) is 2.79. The van der Waals surface area contributed by atoms with Crippen LogP contribution in [0.2, 0.25) is 0 Å². The molecule has 0 aliphatic heterocycles. The van der Waals surface area contributed by atoms with E-state index >= 15 is 0 Å². The molecule has 0 saturated heterocycles. The van der Waals surface area contributed by atoms with Crippen LogP contribution >= 0.6 is 0 Å². The quantitative estimate of drug-likeness (QED) is 0.753. The Labute approximate surface area is 154 Å². The van der Waals surface area contributed by atoms with Gasteiger partial charge < -0.3 is 14.8 Å². The van der Waals surface area contributed by atoms with Crippen LogP contribution in [0, 0.1) is 13.8 Å². The Bertz CT molecular complexity index is 785. The molecule has 0 heterocycles. The predicted octanol–water partition coefficient (Wildman–Crippen LogP) is 4.28. The Hall–Kier alpha value is -2.82. The summed E-state index contributed by atoms with van der Waals surface area (Å²) in [5.74, 6) is -0.0905. The minimum atomic E-state index is -0.661. The Balaban J connectivity index is 2.16. The Kier molecular flexibility index (Phi) is 6.78. The second-order valence-corrected chi connectivity index (χ2v) is 6.04. The molecule has 138 valence electrons. The first-order valence-electron chi connectivity index (χ1n) is 8.77. The van der Waals surface area contributed by atoms with Crippen molar-refractivity contribution in [3.63, 3.8) is 0 Å². The number of rotatable bonds is 7. The molecule has 1 unspecified atom stereocenters.